The van der Waals surface area contributed by atoms with Crippen LogP contribution in [0, 0.1) is 5.92 Å². The lowest BCUT2D eigenvalue weighted by atomic mass is 10.0. The summed E-state index contributed by atoms with van der Waals surface area (Å²) in [6.07, 6.45) is 1.16. The zero-order valence-corrected chi connectivity index (χ0v) is 13.8. The molecule has 0 amide bonds. The molecule has 2 rings (SSSR count). The van der Waals surface area contributed by atoms with Gasteiger partial charge < -0.3 is 10.1 Å². The van der Waals surface area contributed by atoms with Crippen LogP contribution < -0.4 is 5.32 Å². The largest absolute Gasteiger partial charge is 0.378 e. The zero-order chi connectivity index (χ0) is 15.1. The van der Waals surface area contributed by atoms with Gasteiger partial charge in [0, 0.05) is 25.7 Å². The molecule has 1 atom stereocenters. The van der Waals surface area contributed by atoms with E-state index in [4.69, 9.17) is 4.74 Å². The SMILES string of the molecule is CCC1COCCN1Cc1ccccc1CNCC(C)C. The quantitative estimate of drug-likeness (QED) is 0.835. The molecule has 1 fully saturated rings. The number of rotatable bonds is 7. The number of ether oxygens (including phenoxy) is 1. The summed E-state index contributed by atoms with van der Waals surface area (Å²) in [6.45, 7) is 12.6. The lowest BCUT2D eigenvalue weighted by Gasteiger charge is -2.35. The number of benzene rings is 1. The molecule has 1 aromatic carbocycles. The smallest absolute Gasteiger partial charge is 0.0622 e. The Hall–Kier alpha value is -0.900. The normalized spacial score (nSPS) is 20.1. The molecule has 0 aliphatic carbocycles. The predicted octanol–water partition coefficient (Wildman–Crippen LogP) is 3.04. The summed E-state index contributed by atoms with van der Waals surface area (Å²) < 4.78 is 5.61. The van der Waals surface area contributed by atoms with Crippen LogP contribution in [-0.2, 0) is 17.8 Å². The molecule has 1 unspecified atom stereocenters. The topological polar surface area (TPSA) is 24.5 Å². The Balaban J connectivity index is 1.98. The third kappa shape index (κ3) is 5.10. The molecule has 0 spiro atoms. The van der Waals surface area contributed by atoms with Gasteiger partial charge in [-0.2, -0.15) is 0 Å². The lowest BCUT2D eigenvalue weighted by Crippen LogP contribution is -2.44. The summed E-state index contributed by atoms with van der Waals surface area (Å²) in [6, 6.07) is 9.39. The van der Waals surface area contributed by atoms with Crippen LogP contribution in [-0.4, -0.2) is 37.2 Å². The first-order valence-electron chi connectivity index (χ1n) is 8.30. The monoisotopic (exact) mass is 290 g/mol. The van der Waals surface area contributed by atoms with Crippen molar-refractivity contribution in [3.63, 3.8) is 0 Å². The third-order valence-corrected chi connectivity index (χ3v) is 4.18. The molecule has 0 aromatic heterocycles. The van der Waals surface area contributed by atoms with Gasteiger partial charge in [0.2, 0.25) is 0 Å². The highest BCUT2D eigenvalue weighted by molar-refractivity contribution is 5.27. The maximum atomic E-state index is 5.61. The van der Waals surface area contributed by atoms with E-state index < -0.39 is 0 Å². The minimum absolute atomic E-state index is 0.565. The molecule has 1 aliphatic rings. The van der Waals surface area contributed by atoms with Gasteiger partial charge in [0.05, 0.1) is 13.2 Å². The van der Waals surface area contributed by atoms with Crippen LogP contribution in [0.4, 0.5) is 0 Å². The standard InChI is InChI=1S/C18H30N2O/c1-4-18-14-21-10-9-20(18)13-17-8-6-5-7-16(17)12-19-11-15(2)3/h5-8,15,18-19H,4,9-14H2,1-3H3. The molecule has 1 aliphatic heterocycles. The van der Waals surface area contributed by atoms with E-state index in [2.05, 4.69) is 55.3 Å². The summed E-state index contributed by atoms with van der Waals surface area (Å²) in [5.74, 6) is 0.695. The van der Waals surface area contributed by atoms with Gasteiger partial charge in [-0.15, -0.1) is 0 Å². The van der Waals surface area contributed by atoms with Crippen molar-refractivity contribution >= 4 is 0 Å². The fourth-order valence-electron chi connectivity index (χ4n) is 2.87. The number of hydrogen-bond acceptors (Lipinski definition) is 3. The van der Waals surface area contributed by atoms with Crippen LogP contribution >= 0.6 is 0 Å². The minimum atomic E-state index is 0.565. The Kier molecular flexibility index (Phi) is 6.68. The van der Waals surface area contributed by atoms with Crippen molar-refractivity contribution in [2.75, 3.05) is 26.3 Å². The molecule has 3 nitrogen and oxygen atoms in total. The van der Waals surface area contributed by atoms with Crippen LogP contribution in [0.1, 0.15) is 38.3 Å². The number of hydrogen-bond donors (Lipinski definition) is 1. The molecule has 1 heterocycles. The molecule has 21 heavy (non-hydrogen) atoms. The van der Waals surface area contributed by atoms with Crippen LogP contribution in [0.5, 0.6) is 0 Å². The van der Waals surface area contributed by atoms with E-state index in [9.17, 15) is 0 Å². The van der Waals surface area contributed by atoms with E-state index in [0.717, 1.165) is 45.8 Å². The number of nitrogens with zero attached hydrogens (tertiary/aromatic N) is 1. The van der Waals surface area contributed by atoms with Crippen molar-refractivity contribution in [2.45, 2.75) is 46.3 Å². The second kappa shape index (κ2) is 8.52. The van der Waals surface area contributed by atoms with Crippen molar-refractivity contribution in [2.24, 2.45) is 5.92 Å². The fourth-order valence-corrected chi connectivity index (χ4v) is 2.87. The van der Waals surface area contributed by atoms with Gasteiger partial charge in [-0.25, -0.2) is 0 Å². The molecule has 1 saturated heterocycles. The van der Waals surface area contributed by atoms with E-state index in [1.54, 1.807) is 0 Å². The van der Waals surface area contributed by atoms with Gasteiger partial charge in [-0.05, 0) is 30.0 Å². The van der Waals surface area contributed by atoms with E-state index in [0.29, 0.717) is 12.0 Å². The number of morpholine rings is 1. The lowest BCUT2D eigenvalue weighted by molar-refractivity contribution is -0.0128. The van der Waals surface area contributed by atoms with Crippen molar-refractivity contribution in [1.82, 2.24) is 10.2 Å². The highest BCUT2D eigenvalue weighted by Gasteiger charge is 2.21. The Morgan fingerprint density at radius 1 is 1.29 bits per heavy atom. The Labute approximate surface area is 129 Å². The van der Waals surface area contributed by atoms with Crippen molar-refractivity contribution in [3.8, 4) is 0 Å². The Morgan fingerprint density at radius 3 is 2.76 bits per heavy atom. The molecule has 1 aromatic rings. The van der Waals surface area contributed by atoms with E-state index in [1.807, 2.05) is 0 Å². The fraction of sp³-hybridized carbons (Fsp3) is 0.667. The van der Waals surface area contributed by atoms with Crippen LogP contribution in [0.2, 0.25) is 0 Å². The molecule has 0 radical (unpaired) electrons. The summed E-state index contributed by atoms with van der Waals surface area (Å²) in [4.78, 5) is 2.57. The van der Waals surface area contributed by atoms with Gasteiger partial charge in [-0.3, -0.25) is 4.90 Å². The maximum Gasteiger partial charge on any atom is 0.0622 e. The third-order valence-electron chi connectivity index (χ3n) is 4.18. The highest BCUT2D eigenvalue weighted by atomic mass is 16.5. The molecule has 1 N–H and O–H groups in total. The van der Waals surface area contributed by atoms with Crippen molar-refractivity contribution < 1.29 is 4.74 Å². The van der Waals surface area contributed by atoms with E-state index >= 15 is 0 Å². The summed E-state index contributed by atoms with van der Waals surface area (Å²) >= 11 is 0. The van der Waals surface area contributed by atoms with Crippen LogP contribution in [0.15, 0.2) is 24.3 Å². The second-order valence-corrected chi connectivity index (χ2v) is 6.40. The molecular weight excluding hydrogens is 260 g/mol. The van der Waals surface area contributed by atoms with Gasteiger partial charge in [0.1, 0.15) is 0 Å². The molecule has 0 saturated carbocycles. The summed E-state index contributed by atoms with van der Waals surface area (Å²) in [5, 5.41) is 3.56. The number of nitrogens with one attached hydrogen (secondary N) is 1. The van der Waals surface area contributed by atoms with Gasteiger partial charge >= 0.3 is 0 Å². The molecule has 3 heteroatoms. The second-order valence-electron chi connectivity index (χ2n) is 6.40. The first-order chi connectivity index (χ1) is 10.2. The first-order valence-corrected chi connectivity index (χ1v) is 8.30. The van der Waals surface area contributed by atoms with Crippen molar-refractivity contribution in [1.29, 1.82) is 0 Å². The van der Waals surface area contributed by atoms with Crippen molar-refractivity contribution in [3.05, 3.63) is 35.4 Å². The molecular formula is C18H30N2O. The average Bonchev–Trinajstić information content (AvgIpc) is 2.49. The average molecular weight is 290 g/mol. The van der Waals surface area contributed by atoms with Gasteiger partial charge in [0.25, 0.3) is 0 Å². The molecule has 0 bridgehead atoms. The van der Waals surface area contributed by atoms with Crippen LogP contribution in [0.3, 0.4) is 0 Å². The summed E-state index contributed by atoms with van der Waals surface area (Å²) in [5.41, 5.74) is 2.88. The minimum Gasteiger partial charge on any atom is -0.378 e. The van der Waals surface area contributed by atoms with E-state index in [1.165, 1.54) is 11.1 Å². The molecule has 118 valence electrons. The van der Waals surface area contributed by atoms with E-state index in [-0.39, 0.29) is 0 Å². The highest BCUT2D eigenvalue weighted by Crippen LogP contribution is 2.17. The predicted molar refractivity (Wildman–Crippen MR) is 88.3 cm³/mol. The van der Waals surface area contributed by atoms with Gasteiger partial charge in [0.15, 0.2) is 0 Å². The van der Waals surface area contributed by atoms with Crippen LogP contribution in [0.25, 0.3) is 0 Å². The first kappa shape index (κ1) is 16.5. The maximum absolute atomic E-state index is 5.61. The summed E-state index contributed by atoms with van der Waals surface area (Å²) in [7, 11) is 0. The zero-order valence-electron chi connectivity index (χ0n) is 13.8. The Bertz CT molecular complexity index is 419. The van der Waals surface area contributed by atoms with Gasteiger partial charge in [-0.1, -0.05) is 45.0 Å². The Morgan fingerprint density at radius 2 is 2.05 bits per heavy atom.